The van der Waals surface area contributed by atoms with Gasteiger partial charge in [-0.15, -0.1) is 0 Å². The lowest BCUT2D eigenvalue weighted by atomic mass is 9.78. The van der Waals surface area contributed by atoms with Crippen molar-refractivity contribution in [1.29, 1.82) is 0 Å². The number of alkyl halides is 6. The Bertz CT molecular complexity index is 1260. The minimum Gasteiger partial charge on any atom is -0.369 e. The predicted molar refractivity (Wildman–Crippen MR) is 136 cm³/mol. The normalized spacial score (nSPS) is 22.6. The van der Waals surface area contributed by atoms with E-state index in [9.17, 15) is 35.9 Å². The summed E-state index contributed by atoms with van der Waals surface area (Å²) in [5.41, 5.74) is 4.00. The van der Waals surface area contributed by atoms with Crippen LogP contribution in [0.3, 0.4) is 0 Å². The van der Waals surface area contributed by atoms with Crippen molar-refractivity contribution < 1.29 is 35.9 Å². The Morgan fingerprint density at radius 2 is 1.73 bits per heavy atom. The molecule has 2 heterocycles. The summed E-state index contributed by atoms with van der Waals surface area (Å²) in [6.07, 6.45) is -9.37. The summed E-state index contributed by atoms with van der Waals surface area (Å²) in [6.45, 7) is 4.88. The summed E-state index contributed by atoms with van der Waals surface area (Å²) in [5, 5.41) is 0. The molecule has 0 spiro atoms. The number of primary amides is 1. The van der Waals surface area contributed by atoms with Crippen molar-refractivity contribution in [2.24, 2.45) is 17.6 Å². The summed E-state index contributed by atoms with van der Waals surface area (Å²) >= 11 is 0. The molecule has 2 aromatic carbocycles. The number of nitrogens with two attached hydrogens (primary N) is 1. The summed E-state index contributed by atoms with van der Waals surface area (Å²) < 4.78 is 81.2. The van der Waals surface area contributed by atoms with E-state index in [1.807, 2.05) is 36.1 Å². The number of carbonyl (C=O) groups is 2. The van der Waals surface area contributed by atoms with Gasteiger partial charge in [0.25, 0.3) is 0 Å². The number of halogens is 6. The Labute approximate surface area is 228 Å². The average molecular weight is 571 g/mol. The van der Waals surface area contributed by atoms with E-state index in [0.717, 1.165) is 22.1 Å². The van der Waals surface area contributed by atoms with Gasteiger partial charge >= 0.3 is 18.4 Å². The van der Waals surface area contributed by atoms with Crippen molar-refractivity contribution in [2.75, 3.05) is 33.2 Å². The highest BCUT2D eigenvalue weighted by atomic mass is 19.4. The van der Waals surface area contributed by atoms with Crippen molar-refractivity contribution in [2.45, 2.75) is 44.7 Å². The first kappa shape index (κ1) is 29.7. The summed E-state index contributed by atoms with van der Waals surface area (Å²) in [7, 11) is 1.36. The van der Waals surface area contributed by atoms with Gasteiger partial charge < -0.3 is 15.5 Å². The monoisotopic (exact) mass is 570 g/mol. The molecule has 2 aromatic rings. The first-order chi connectivity index (χ1) is 18.6. The van der Waals surface area contributed by atoms with E-state index >= 15 is 0 Å². The van der Waals surface area contributed by atoms with Crippen LogP contribution in [-0.4, -0.2) is 59.9 Å². The van der Waals surface area contributed by atoms with Crippen molar-refractivity contribution in [3.63, 3.8) is 0 Å². The van der Waals surface area contributed by atoms with Crippen LogP contribution in [0.4, 0.5) is 31.1 Å². The van der Waals surface area contributed by atoms with Crippen LogP contribution in [0.25, 0.3) is 0 Å². The molecule has 0 aliphatic carbocycles. The summed E-state index contributed by atoms with van der Waals surface area (Å²) in [6, 6.07) is 6.95. The molecule has 0 aromatic heterocycles. The molecular weight excluding hydrogens is 538 g/mol. The third kappa shape index (κ3) is 5.91. The van der Waals surface area contributed by atoms with Gasteiger partial charge in [0.2, 0.25) is 5.91 Å². The third-order valence-corrected chi connectivity index (χ3v) is 8.20. The fraction of sp³-hybridized carbons (Fsp3) is 0.500. The van der Waals surface area contributed by atoms with Crippen LogP contribution in [0.15, 0.2) is 42.5 Å². The van der Waals surface area contributed by atoms with E-state index in [2.05, 4.69) is 0 Å². The highest BCUT2D eigenvalue weighted by Gasteiger charge is 2.47. The number of fused-ring (bicyclic) bond motifs is 1. The molecule has 0 saturated carbocycles. The second-order valence-electron chi connectivity index (χ2n) is 10.7. The Morgan fingerprint density at radius 3 is 2.33 bits per heavy atom. The average Bonchev–Trinajstić information content (AvgIpc) is 3.27. The minimum absolute atomic E-state index is 0.0429. The van der Waals surface area contributed by atoms with Gasteiger partial charge in [-0.05, 0) is 55.0 Å². The number of aryl methyl sites for hydroxylation is 1. The zero-order valence-corrected chi connectivity index (χ0v) is 22.4. The molecule has 40 heavy (non-hydrogen) atoms. The van der Waals surface area contributed by atoms with Crippen LogP contribution in [-0.2, 0) is 17.1 Å². The van der Waals surface area contributed by atoms with Gasteiger partial charge in [0.15, 0.2) is 0 Å². The number of nitrogens with zero attached hydrogens (tertiary/aromatic N) is 3. The highest BCUT2D eigenvalue weighted by Crippen LogP contribution is 2.46. The Balaban J connectivity index is 1.68. The number of hydrogen-bond donors (Lipinski definition) is 1. The van der Waals surface area contributed by atoms with Crippen molar-refractivity contribution >= 4 is 11.9 Å². The highest BCUT2D eigenvalue weighted by molar-refractivity contribution is 5.76. The first-order valence-electron chi connectivity index (χ1n) is 13.0. The van der Waals surface area contributed by atoms with Gasteiger partial charge in [-0.2, -0.15) is 26.3 Å². The fourth-order valence-electron chi connectivity index (χ4n) is 6.13. The maximum atomic E-state index is 13.9. The number of benzene rings is 2. The molecule has 0 radical (unpaired) electrons. The molecule has 2 saturated heterocycles. The zero-order chi connectivity index (χ0) is 29.6. The molecule has 218 valence electrons. The second kappa shape index (κ2) is 10.9. The Morgan fingerprint density at radius 1 is 1.05 bits per heavy atom. The van der Waals surface area contributed by atoms with E-state index in [4.69, 9.17) is 5.73 Å². The predicted octanol–water partition coefficient (Wildman–Crippen LogP) is 5.63. The van der Waals surface area contributed by atoms with E-state index in [0.29, 0.717) is 32.1 Å². The summed E-state index contributed by atoms with van der Waals surface area (Å²) in [5.74, 6) is -0.314. The molecule has 3 amide bonds. The second-order valence-corrected chi connectivity index (χ2v) is 10.7. The van der Waals surface area contributed by atoms with Gasteiger partial charge in [-0.3, -0.25) is 9.69 Å². The number of hydrogen-bond acceptors (Lipinski definition) is 3. The molecule has 2 N–H and O–H groups in total. The largest absolute Gasteiger partial charge is 0.416 e. The van der Waals surface area contributed by atoms with Crippen LogP contribution in [0.2, 0.25) is 0 Å². The standard InChI is InChI=1S/C28H32F6N4O2/c1-16-6-4-5-7-20(16)25-22-14-37(15-24(35)39)13-18(22)10-11-38(25)26(40)36(3)17(2)21-9-8-19(27(29,30)31)12-23(21)28(32,33)34/h4-9,12,17-18,22,25H,10-11,13-15H2,1-3H3,(H2,35,39)/t17?,18?,22-,25+/m1/s1. The van der Waals surface area contributed by atoms with Gasteiger partial charge in [-0.1, -0.05) is 30.3 Å². The summed E-state index contributed by atoms with van der Waals surface area (Å²) in [4.78, 5) is 30.3. The van der Waals surface area contributed by atoms with E-state index < -0.39 is 53.1 Å². The van der Waals surface area contributed by atoms with Crippen molar-refractivity contribution in [1.82, 2.24) is 14.7 Å². The first-order valence-corrected chi connectivity index (χ1v) is 13.0. The zero-order valence-electron chi connectivity index (χ0n) is 22.4. The van der Waals surface area contributed by atoms with Gasteiger partial charge in [-0.25, -0.2) is 4.79 Å². The lowest BCUT2D eigenvalue weighted by Crippen LogP contribution is -2.51. The van der Waals surface area contributed by atoms with Gasteiger partial charge in [0.1, 0.15) is 0 Å². The number of piperidine rings is 1. The number of amides is 3. The van der Waals surface area contributed by atoms with Crippen LogP contribution in [0.5, 0.6) is 0 Å². The van der Waals surface area contributed by atoms with Crippen LogP contribution < -0.4 is 5.73 Å². The molecule has 2 aliphatic rings. The van der Waals surface area contributed by atoms with Crippen molar-refractivity contribution in [3.8, 4) is 0 Å². The molecular formula is C28H32F6N4O2. The fourth-order valence-corrected chi connectivity index (χ4v) is 6.13. The maximum Gasteiger partial charge on any atom is 0.416 e. The lowest BCUT2D eigenvalue weighted by Gasteiger charge is -2.45. The molecule has 12 heteroatoms. The number of likely N-dealkylation sites (tertiary alicyclic amines) is 2. The molecule has 2 fully saturated rings. The molecule has 0 bridgehead atoms. The van der Waals surface area contributed by atoms with Gasteiger partial charge in [0, 0.05) is 32.6 Å². The molecule has 6 nitrogen and oxygen atoms in total. The SMILES string of the molecule is Cc1ccccc1[C@H]1[C@@H]2CN(CC(N)=O)CC2CCN1C(=O)N(C)C(C)c1ccc(C(F)(F)F)cc1C(F)(F)F. The number of rotatable bonds is 5. The molecule has 4 atom stereocenters. The maximum absolute atomic E-state index is 13.9. The van der Waals surface area contributed by atoms with Gasteiger partial charge in [0.05, 0.1) is 29.8 Å². The van der Waals surface area contributed by atoms with E-state index in [1.165, 1.54) is 14.0 Å². The van der Waals surface area contributed by atoms with Crippen molar-refractivity contribution in [3.05, 3.63) is 70.3 Å². The van der Waals surface area contributed by atoms with E-state index in [1.54, 1.807) is 4.90 Å². The van der Waals surface area contributed by atoms with Crippen LogP contribution in [0.1, 0.15) is 53.2 Å². The number of urea groups is 1. The van der Waals surface area contributed by atoms with E-state index in [-0.39, 0.29) is 24.4 Å². The Hall–Kier alpha value is -3.28. The van der Waals surface area contributed by atoms with Crippen LogP contribution >= 0.6 is 0 Å². The molecule has 2 aliphatic heterocycles. The number of carbonyl (C=O) groups excluding carboxylic acids is 2. The smallest absolute Gasteiger partial charge is 0.369 e. The molecule has 4 rings (SSSR count). The quantitative estimate of drug-likeness (QED) is 0.474. The van der Waals surface area contributed by atoms with Crippen LogP contribution in [0, 0.1) is 18.8 Å². The third-order valence-electron chi connectivity index (χ3n) is 8.20. The lowest BCUT2D eigenvalue weighted by molar-refractivity contribution is -0.143. The minimum atomic E-state index is -5.05. The molecule has 2 unspecified atom stereocenters. The Kier molecular flexibility index (Phi) is 8.13. The topological polar surface area (TPSA) is 69.9 Å².